The molecule has 144 valence electrons. The van der Waals surface area contributed by atoms with Crippen LogP contribution in [0.25, 0.3) is 6.08 Å². The molecule has 0 bridgehead atoms. The zero-order valence-electron chi connectivity index (χ0n) is 15.2. The van der Waals surface area contributed by atoms with E-state index < -0.39 is 17.9 Å². The van der Waals surface area contributed by atoms with Crippen LogP contribution in [0.2, 0.25) is 10.0 Å². The summed E-state index contributed by atoms with van der Waals surface area (Å²) in [6.07, 6.45) is 3.34. The van der Waals surface area contributed by atoms with Gasteiger partial charge in [-0.25, -0.2) is 4.79 Å². The van der Waals surface area contributed by atoms with Crippen LogP contribution in [0.5, 0.6) is 0 Å². The highest BCUT2D eigenvalue weighted by Crippen LogP contribution is 2.41. The number of esters is 2. The van der Waals surface area contributed by atoms with E-state index in [1.54, 1.807) is 37.3 Å². The molecule has 0 amide bonds. The van der Waals surface area contributed by atoms with Gasteiger partial charge in [0.25, 0.3) is 0 Å². The van der Waals surface area contributed by atoms with Gasteiger partial charge in [-0.05, 0) is 30.2 Å². The Kier molecular flexibility index (Phi) is 6.55. The minimum atomic E-state index is -0.609. The number of ether oxygens (including phenoxy) is 2. The number of allylic oxidation sites excluding steroid dienone is 1. The second-order valence-electron chi connectivity index (χ2n) is 6.12. The molecule has 0 aromatic heterocycles. The van der Waals surface area contributed by atoms with Crippen molar-refractivity contribution in [3.05, 3.63) is 87.1 Å². The van der Waals surface area contributed by atoms with Gasteiger partial charge in [0.15, 0.2) is 0 Å². The van der Waals surface area contributed by atoms with E-state index in [2.05, 4.69) is 0 Å². The summed E-state index contributed by atoms with van der Waals surface area (Å²) in [6.45, 7) is 1.91. The van der Waals surface area contributed by atoms with E-state index in [4.69, 9.17) is 32.7 Å². The largest absolute Gasteiger partial charge is 0.463 e. The van der Waals surface area contributed by atoms with Gasteiger partial charge in [0.1, 0.15) is 5.76 Å². The Hall–Kier alpha value is -2.56. The lowest BCUT2D eigenvalue weighted by Crippen LogP contribution is -2.26. The molecule has 1 heterocycles. The first-order chi connectivity index (χ1) is 13.5. The maximum atomic E-state index is 12.7. The molecule has 0 aliphatic carbocycles. The first-order valence-electron chi connectivity index (χ1n) is 8.80. The van der Waals surface area contributed by atoms with E-state index in [0.717, 1.165) is 5.56 Å². The van der Waals surface area contributed by atoms with Crippen LogP contribution in [-0.2, 0) is 19.1 Å². The maximum Gasteiger partial charge on any atom is 0.338 e. The normalized spacial score (nSPS) is 17.0. The van der Waals surface area contributed by atoms with E-state index >= 15 is 0 Å². The lowest BCUT2D eigenvalue weighted by molar-refractivity contribution is -0.143. The second-order valence-corrected chi connectivity index (χ2v) is 6.90. The predicted molar refractivity (Wildman–Crippen MR) is 109 cm³/mol. The Morgan fingerprint density at radius 2 is 1.89 bits per heavy atom. The zero-order chi connectivity index (χ0) is 20.1. The quantitative estimate of drug-likeness (QED) is 0.599. The van der Waals surface area contributed by atoms with E-state index in [-0.39, 0.29) is 24.4 Å². The van der Waals surface area contributed by atoms with Gasteiger partial charge in [0.2, 0.25) is 0 Å². The topological polar surface area (TPSA) is 52.6 Å². The Labute approximate surface area is 173 Å². The molecule has 28 heavy (non-hydrogen) atoms. The van der Waals surface area contributed by atoms with Crippen LogP contribution in [0.3, 0.4) is 0 Å². The van der Waals surface area contributed by atoms with Crippen molar-refractivity contribution in [1.29, 1.82) is 0 Å². The van der Waals surface area contributed by atoms with Crippen LogP contribution in [0.15, 0.2) is 65.9 Å². The van der Waals surface area contributed by atoms with Crippen molar-refractivity contribution >= 4 is 41.2 Å². The van der Waals surface area contributed by atoms with Gasteiger partial charge in [-0.15, -0.1) is 0 Å². The van der Waals surface area contributed by atoms with E-state index in [1.165, 1.54) is 0 Å². The Morgan fingerprint density at radius 3 is 2.61 bits per heavy atom. The predicted octanol–water partition coefficient (Wildman–Crippen LogP) is 5.55. The fourth-order valence-corrected chi connectivity index (χ4v) is 3.47. The summed E-state index contributed by atoms with van der Waals surface area (Å²) >= 11 is 12.5. The number of benzene rings is 2. The van der Waals surface area contributed by atoms with Gasteiger partial charge in [-0.2, -0.15) is 0 Å². The number of cyclic esters (lactones) is 1. The molecule has 1 aliphatic rings. The Morgan fingerprint density at radius 1 is 1.14 bits per heavy atom. The second kappa shape index (κ2) is 9.09. The third kappa shape index (κ3) is 4.46. The summed E-state index contributed by atoms with van der Waals surface area (Å²) < 4.78 is 10.6. The molecule has 2 aromatic carbocycles. The van der Waals surface area contributed by atoms with Gasteiger partial charge in [0, 0.05) is 5.92 Å². The monoisotopic (exact) mass is 416 g/mol. The molecule has 0 unspecified atom stereocenters. The van der Waals surface area contributed by atoms with E-state index in [1.807, 2.05) is 30.3 Å². The fraction of sp³-hybridized carbons (Fsp3) is 0.182. The van der Waals surface area contributed by atoms with Gasteiger partial charge < -0.3 is 9.47 Å². The Balaban J connectivity index is 2.11. The van der Waals surface area contributed by atoms with E-state index in [9.17, 15) is 9.59 Å². The summed E-state index contributed by atoms with van der Waals surface area (Å²) in [7, 11) is 0. The molecular weight excluding hydrogens is 399 g/mol. The molecule has 2 aromatic rings. The van der Waals surface area contributed by atoms with Crippen LogP contribution in [-0.4, -0.2) is 18.5 Å². The molecular formula is C22H18Cl2O4. The molecule has 0 saturated heterocycles. The standard InChI is InChI=1S/C22H18Cl2O4/c1-2-27-22(26)20-16(15-9-6-10-17(23)21(15)24)13-19(25)28-18(20)12-11-14-7-4-3-5-8-14/h3-12,16H,2,13H2,1H3/b12-11+/t16-/m0/s1. The van der Waals surface area contributed by atoms with Crippen LogP contribution in [0.4, 0.5) is 0 Å². The SMILES string of the molecule is CCOC(=O)C1=C(/C=C/c2ccccc2)OC(=O)C[C@H]1c1cccc(Cl)c1Cl. The summed E-state index contributed by atoms with van der Waals surface area (Å²) in [5, 5.41) is 0.653. The van der Waals surface area contributed by atoms with Crippen LogP contribution >= 0.6 is 23.2 Å². The minimum absolute atomic E-state index is 0.0309. The maximum absolute atomic E-state index is 12.7. The molecule has 0 fully saturated rings. The molecule has 3 rings (SSSR count). The van der Waals surface area contributed by atoms with Crippen molar-refractivity contribution < 1.29 is 19.1 Å². The molecule has 4 nitrogen and oxygen atoms in total. The molecule has 0 radical (unpaired) electrons. The molecule has 0 spiro atoms. The highest BCUT2D eigenvalue weighted by molar-refractivity contribution is 6.42. The summed E-state index contributed by atoms with van der Waals surface area (Å²) in [6, 6.07) is 14.6. The smallest absolute Gasteiger partial charge is 0.338 e. The van der Waals surface area contributed by atoms with Crippen molar-refractivity contribution in [2.24, 2.45) is 0 Å². The van der Waals surface area contributed by atoms with Gasteiger partial charge >= 0.3 is 11.9 Å². The first kappa shape index (κ1) is 20.2. The third-order valence-corrected chi connectivity index (χ3v) is 5.12. The van der Waals surface area contributed by atoms with Crippen LogP contribution in [0, 0.1) is 0 Å². The number of halogens is 2. The molecule has 1 aliphatic heterocycles. The average molecular weight is 417 g/mol. The van der Waals surface area contributed by atoms with Crippen LogP contribution in [0.1, 0.15) is 30.4 Å². The number of carbonyl (C=O) groups is 2. The van der Waals surface area contributed by atoms with Gasteiger partial charge in [0.05, 0.1) is 28.6 Å². The number of rotatable bonds is 5. The Bertz CT molecular complexity index is 948. The number of carbonyl (C=O) groups excluding carboxylic acids is 2. The molecule has 6 heteroatoms. The third-order valence-electron chi connectivity index (χ3n) is 4.29. The lowest BCUT2D eigenvalue weighted by atomic mass is 9.85. The average Bonchev–Trinajstić information content (AvgIpc) is 2.69. The van der Waals surface area contributed by atoms with Crippen molar-refractivity contribution in [1.82, 2.24) is 0 Å². The van der Waals surface area contributed by atoms with Crippen molar-refractivity contribution in [3.63, 3.8) is 0 Å². The molecule has 0 N–H and O–H groups in total. The number of hydrogen-bond acceptors (Lipinski definition) is 4. The van der Waals surface area contributed by atoms with Gasteiger partial charge in [-0.3, -0.25) is 4.79 Å². The molecule has 0 saturated carbocycles. The van der Waals surface area contributed by atoms with Gasteiger partial charge in [-0.1, -0.05) is 71.7 Å². The zero-order valence-corrected chi connectivity index (χ0v) is 16.7. The van der Waals surface area contributed by atoms with Crippen molar-refractivity contribution in [2.75, 3.05) is 6.61 Å². The number of hydrogen-bond donors (Lipinski definition) is 0. The lowest BCUT2D eigenvalue weighted by Gasteiger charge is -2.26. The summed E-state index contributed by atoms with van der Waals surface area (Å²) in [5.74, 6) is -1.47. The van der Waals surface area contributed by atoms with E-state index in [0.29, 0.717) is 15.6 Å². The highest BCUT2D eigenvalue weighted by atomic mass is 35.5. The van der Waals surface area contributed by atoms with Crippen LogP contribution < -0.4 is 0 Å². The first-order valence-corrected chi connectivity index (χ1v) is 9.55. The van der Waals surface area contributed by atoms with Crippen molar-refractivity contribution in [3.8, 4) is 0 Å². The van der Waals surface area contributed by atoms with Crippen molar-refractivity contribution in [2.45, 2.75) is 19.3 Å². The highest BCUT2D eigenvalue weighted by Gasteiger charge is 2.36. The fourth-order valence-electron chi connectivity index (χ4n) is 3.03. The molecule has 1 atom stereocenters. The summed E-state index contributed by atoms with van der Waals surface area (Å²) in [5.41, 5.74) is 1.73. The minimum Gasteiger partial charge on any atom is -0.463 e. The summed E-state index contributed by atoms with van der Waals surface area (Å²) in [4.78, 5) is 25.0.